The van der Waals surface area contributed by atoms with E-state index in [2.05, 4.69) is 15.4 Å². The molecule has 7 heteroatoms. The number of nitrogens with one attached hydrogen (secondary N) is 1. The molecule has 1 aliphatic rings. The van der Waals surface area contributed by atoms with Crippen LogP contribution in [0.4, 0.5) is 0 Å². The van der Waals surface area contributed by atoms with Crippen LogP contribution in [0.15, 0.2) is 30.6 Å². The fourth-order valence-corrected chi connectivity index (χ4v) is 2.87. The van der Waals surface area contributed by atoms with Crippen LogP contribution in [0.1, 0.15) is 41.7 Å². The zero-order valence-electron chi connectivity index (χ0n) is 13.6. The molecule has 1 fully saturated rings. The molecule has 0 aliphatic heterocycles. The molecular weight excluding hydrogens is 308 g/mol. The van der Waals surface area contributed by atoms with Crippen molar-refractivity contribution in [1.82, 2.24) is 20.1 Å². The number of hydrogen-bond donors (Lipinski definition) is 1. The van der Waals surface area contributed by atoms with Gasteiger partial charge in [0.2, 0.25) is 0 Å². The fraction of sp³-hybridized carbons (Fsp3) is 0.412. The topological polar surface area (TPSA) is 86.1 Å². The minimum absolute atomic E-state index is 0.213. The first-order valence-electron chi connectivity index (χ1n) is 8.07. The van der Waals surface area contributed by atoms with E-state index >= 15 is 0 Å². The van der Waals surface area contributed by atoms with Gasteiger partial charge in [0.25, 0.3) is 5.91 Å². The van der Waals surface area contributed by atoms with Gasteiger partial charge >= 0.3 is 5.97 Å². The van der Waals surface area contributed by atoms with Crippen LogP contribution in [0.5, 0.6) is 0 Å². The zero-order valence-corrected chi connectivity index (χ0v) is 13.6. The molecule has 2 aromatic rings. The van der Waals surface area contributed by atoms with Crippen LogP contribution in [-0.2, 0) is 9.53 Å². The van der Waals surface area contributed by atoms with Crippen LogP contribution in [0.3, 0.4) is 0 Å². The zero-order chi connectivity index (χ0) is 16.9. The Labute approximate surface area is 140 Å². The van der Waals surface area contributed by atoms with Gasteiger partial charge in [-0.05, 0) is 31.9 Å². The third kappa shape index (κ3) is 3.61. The first-order chi connectivity index (χ1) is 11.6. The van der Waals surface area contributed by atoms with E-state index < -0.39 is 5.97 Å². The van der Waals surface area contributed by atoms with Crippen LogP contribution >= 0.6 is 0 Å². The van der Waals surface area contributed by atoms with Gasteiger partial charge in [0, 0.05) is 12.2 Å². The van der Waals surface area contributed by atoms with Crippen molar-refractivity contribution < 1.29 is 14.3 Å². The van der Waals surface area contributed by atoms with Gasteiger partial charge in [-0.15, -0.1) is 0 Å². The molecule has 2 heterocycles. The van der Waals surface area contributed by atoms with E-state index in [9.17, 15) is 9.59 Å². The number of carbonyl (C=O) groups excluding carboxylic acids is 2. The van der Waals surface area contributed by atoms with Crippen molar-refractivity contribution in [3.63, 3.8) is 0 Å². The average molecular weight is 328 g/mol. The van der Waals surface area contributed by atoms with E-state index in [1.54, 1.807) is 29.9 Å². The van der Waals surface area contributed by atoms with E-state index in [4.69, 9.17) is 4.74 Å². The van der Waals surface area contributed by atoms with Crippen molar-refractivity contribution in [3.8, 4) is 5.82 Å². The largest absolute Gasteiger partial charge is 0.452 e. The number of nitrogens with zero attached hydrogens (tertiary/aromatic N) is 3. The summed E-state index contributed by atoms with van der Waals surface area (Å²) >= 11 is 0. The summed E-state index contributed by atoms with van der Waals surface area (Å²) in [6.07, 6.45) is 7.35. The lowest BCUT2D eigenvalue weighted by molar-refractivity contribution is -0.124. The van der Waals surface area contributed by atoms with E-state index in [1.807, 2.05) is 6.07 Å². The molecule has 1 saturated carbocycles. The van der Waals surface area contributed by atoms with Gasteiger partial charge in [-0.2, -0.15) is 5.10 Å². The quantitative estimate of drug-likeness (QED) is 0.846. The monoisotopic (exact) mass is 328 g/mol. The first-order valence-corrected chi connectivity index (χ1v) is 8.07. The number of aromatic nitrogens is 3. The number of pyridine rings is 1. The standard InChI is InChI=1S/C17H20N4O3/c1-12-14(10-19-21(12)15-8-4-5-9-18-15)17(23)24-11-16(22)20-13-6-2-3-7-13/h4-5,8-10,13H,2-3,6-7,11H2,1H3,(H,20,22). The second-order valence-electron chi connectivity index (χ2n) is 5.87. The second-order valence-corrected chi connectivity index (χ2v) is 5.87. The second kappa shape index (κ2) is 7.25. The highest BCUT2D eigenvalue weighted by Gasteiger charge is 2.20. The van der Waals surface area contributed by atoms with Crippen LogP contribution in [0.25, 0.3) is 5.82 Å². The molecule has 0 bridgehead atoms. The van der Waals surface area contributed by atoms with E-state index in [-0.39, 0.29) is 18.6 Å². The molecule has 0 unspecified atom stereocenters. The lowest BCUT2D eigenvalue weighted by Crippen LogP contribution is -2.35. The fourth-order valence-electron chi connectivity index (χ4n) is 2.87. The summed E-state index contributed by atoms with van der Waals surface area (Å²) in [6.45, 7) is 1.49. The Balaban J connectivity index is 1.59. The molecular formula is C17H20N4O3. The molecule has 1 amide bonds. The number of rotatable bonds is 5. The predicted octanol–water partition coefficient (Wildman–Crippen LogP) is 1.79. The van der Waals surface area contributed by atoms with Gasteiger partial charge in [-0.1, -0.05) is 18.9 Å². The summed E-state index contributed by atoms with van der Waals surface area (Å²) in [6, 6.07) is 5.66. The highest BCUT2D eigenvalue weighted by molar-refractivity contribution is 5.92. The molecule has 24 heavy (non-hydrogen) atoms. The van der Waals surface area contributed by atoms with Crippen molar-refractivity contribution in [2.45, 2.75) is 38.6 Å². The molecule has 126 valence electrons. The SMILES string of the molecule is Cc1c(C(=O)OCC(=O)NC2CCCC2)cnn1-c1ccccn1. The smallest absolute Gasteiger partial charge is 0.342 e. The summed E-state index contributed by atoms with van der Waals surface area (Å²) in [7, 11) is 0. The maximum absolute atomic E-state index is 12.2. The first kappa shape index (κ1) is 16.2. The molecule has 3 rings (SSSR count). The molecule has 1 aliphatic carbocycles. The summed E-state index contributed by atoms with van der Waals surface area (Å²) in [5.41, 5.74) is 0.948. The molecule has 1 N–H and O–H groups in total. The van der Waals surface area contributed by atoms with Gasteiger partial charge in [0.05, 0.1) is 11.9 Å². The molecule has 0 radical (unpaired) electrons. The lowest BCUT2D eigenvalue weighted by atomic mass is 10.2. The summed E-state index contributed by atoms with van der Waals surface area (Å²) in [4.78, 5) is 28.2. The summed E-state index contributed by atoms with van der Waals surface area (Å²) < 4.78 is 6.67. The summed E-state index contributed by atoms with van der Waals surface area (Å²) in [5, 5.41) is 7.05. The van der Waals surface area contributed by atoms with Crippen molar-refractivity contribution >= 4 is 11.9 Å². The molecule has 0 saturated heterocycles. The molecule has 2 aromatic heterocycles. The Morgan fingerprint density at radius 1 is 1.33 bits per heavy atom. The summed E-state index contributed by atoms with van der Waals surface area (Å²) in [5.74, 6) is -0.200. The van der Waals surface area contributed by atoms with E-state index in [0.29, 0.717) is 17.1 Å². The van der Waals surface area contributed by atoms with E-state index in [1.165, 1.54) is 6.20 Å². The van der Waals surface area contributed by atoms with Crippen LogP contribution in [-0.4, -0.2) is 39.3 Å². The van der Waals surface area contributed by atoms with Crippen LogP contribution in [0.2, 0.25) is 0 Å². The van der Waals surface area contributed by atoms with Gasteiger partial charge in [0.1, 0.15) is 5.56 Å². The van der Waals surface area contributed by atoms with Crippen molar-refractivity contribution in [3.05, 3.63) is 41.9 Å². The third-order valence-electron chi connectivity index (χ3n) is 4.15. The highest BCUT2D eigenvalue weighted by atomic mass is 16.5. The molecule has 0 aromatic carbocycles. The number of ether oxygens (including phenoxy) is 1. The van der Waals surface area contributed by atoms with Gasteiger partial charge in [-0.3, -0.25) is 4.79 Å². The van der Waals surface area contributed by atoms with Gasteiger partial charge < -0.3 is 10.1 Å². The number of amides is 1. The minimum atomic E-state index is -0.559. The third-order valence-corrected chi connectivity index (χ3v) is 4.15. The Bertz CT molecular complexity index is 721. The Morgan fingerprint density at radius 2 is 2.12 bits per heavy atom. The van der Waals surface area contributed by atoms with Crippen molar-refractivity contribution in [2.24, 2.45) is 0 Å². The van der Waals surface area contributed by atoms with E-state index in [0.717, 1.165) is 25.7 Å². The molecule has 7 nitrogen and oxygen atoms in total. The molecule has 0 spiro atoms. The van der Waals surface area contributed by atoms with Crippen LogP contribution in [0, 0.1) is 6.92 Å². The van der Waals surface area contributed by atoms with Crippen LogP contribution < -0.4 is 5.32 Å². The number of hydrogen-bond acceptors (Lipinski definition) is 5. The average Bonchev–Trinajstić information content (AvgIpc) is 3.23. The van der Waals surface area contributed by atoms with Gasteiger partial charge in [-0.25, -0.2) is 14.5 Å². The highest BCUT2D eigenvalue weighted by Crippen LogP contribution is 2.17. The van der Waals surface area contributed by atoms with Gasteiger partial charge in [0.15, 0.2) is 12.4 Å². The Morgan fingerprint density at radius 3 is 2.83 bits per heavy atom. The Hall–Kier alpha value is -2.70. The normalized spacial score (nSPS) is 14.5. The lowest BCUT2D eigenvalue weighted by Gasteiger charge is -2.11. The number of carbonyl (C=O) groups is 2. The maximum Gasteiger partial charge on any atom is 0.342 e. The van der Waals surface area contributed by atoms with Crippen molar-refractivity contribution in [2.75, 3.05) is 6.61 Å². The Kier molecular flexibility index (Phi) is 4.88. The predicted molar refractivity (Wildman–Crippen MR) is 86.8 cm³/mol. The minimum Gasteiger partial charge on any atom is -0.452 e. The number of esters is 1. The molecule has 0 atom stereocenters. The van der Waals surface area contributed by atoms with Crippen molar-refractivity contribution in [1.29, 1.82) is 0 Å². The maximum atomic E-state index is 12.2.